The number of morpholine rings is 1. The molecule has 0 aromatic carbocycles. The Balaban J connectivity index is 2.41. The molecule has 0 spiro atoms. The van der Waals surface area contributed by atoms with Gasteiger partial charge in [0.1, 0.15) is 0 Å². The topological polar surface area (TPSA) is 53.3 Å². The Kier molecular flexibility index (Phi) is 3.30. The summed E-state index contributed by atoms with van der Waals surface area (Å²) in [6, 6.07) is 1.78. The highest BCUT2D eigenvalue weighted by atomic mass is 16.5. The average Bonchev–Trinajstić information content (AvgIpc) is 2.15. The molecule has 0 unspecified atom stereocenters. The van der Waals surface area contributed by atoms with Crippen LogP contribution in [-0.4, -0.2) is 37.1 Å². The zero-order valence-corrected chi connectivity index (χ0v) is 6.69. The van der Waals surface area contributed by atoms with Crippen LogP contribution in [0.25, 0.3) is 0 Å². The van der Waals surface area contributed by atoms with Crippen LogP contribution in [0.1, 0.15) is 0 Å². The number of allylic oxidation sites excluding steroid dienone is 1. The van der Waals surface area contributed by atoms with Crippen LogP contribution in [0.2, 0.25) is 0 Å². The Morgan fingerprint density at radius 1 is 1.50 bits per heavy atom. The van der Waals surface area contributed by atoms with Gasteiger partial charge in [-0.05, 0) is 0 Å². The predicted molar refractivity (Wildman–Crippen MR) is 42.2 cm³/mol. The van der Waals surface area contributed by atoms with Gasteiger partial charge in [0.05, 0.1) is 19.3 Å². The summed E-state index contributed by atoms with van der Waals surface area (Å²) in [6.45, 7) is 2.42. The molecule has 1 fully saturated rings. The van der Waals surface area contributed by atoms with Gasteiger partial charge in [0.25, 0.3) is 0 Å². The van der Waals surface area contributed by atoms with Crippen molar-refractivity contribution < 1.29 is 9.53 Å². The van der Waals surface area contributed by atoms with Crippen LogP contribution in [0.4, 0.5) is 0 Å². The van der Waals surface area contributed by atoms with E-state index in [4.69, 9.17) is 10.00 Å². The lowest BCUT2D eigenvalue weighted by Gasteiger charge is -2.25. The maximum absolute atomic E-state index is 11.2. The largest absolute Gasteiger partial charge is 0.378 e. The third-order valence-corrected chi connectivity index (χ3v) is 1.62. The molecule has 4 nitrogen and oxygen atoms in total. The first kappa shape index (κ1) is 8.75. The molecule has 1 rings (SSSR count). The molecule has 1 aliphatic rings. The van der Waals surface area contributed by atoms with E-state index in [2.05, 4.69) is 0 Å². The number of carbonyl (C=O) groups is 1. The van der Waals surface area contributed by atoms with E-state index in [1.807, 2.05) is 0 Å². The van der Waals surface area contributed by atoms with Gasteiger partial charge in [-0.3, -0.25) is 4.79 Å². The quantitative estimate of drug-likeness (QED) is 0.404. The second-order valence-electron chi connectivity index (χ2n) is 2.40. The van der Waals surface area contributed by atoms with E-state index < -0.39 is 0 Å². The van der Waals surface area contributed by atoms with Crippen molar-refractivity contribution in [1.82, 2.24) is 4.90 Å². The molecule has 1 aliphatic heterocycles. The molecule has 64 valence electrons. The molecule has 0 atom stereocenters. The summed E-state index contributed by atoms with van der Waals surface area (Å²) < 4.78 is 5.07. The fourth-order valence-electron chi connectivity index (χ4n) is 0.998. The van der Waals surface area contributed by atoms with Gasteiger partial charge in [-0.15, -0.1) is 0 Å². The van der Waals surface area contributed by atoms with Crippen molar-refractivity contribution in [2.45, 2.75) is 0 Å². The molecule has 12 heavy (non-hydrogen) atoms. The van der Waals surface area contributed by atoms with Crippen LogP contribution in [0.3, 0.4) is 0 Å². The van der Waals surface area contributed by atoms with E-state index in [1.165, 1.54) is 12.2 Å². The van der Waals surface area contributed by atoms with Crippen LogP contribution < -0.4 is 0 Å². The van der Waals surface area contributed by atoms with E-state index in [0.717, 1.165) is 0 Å². The molecular weight excluding hydrogens is 156 g/mol. The third kappa shape index (κ3) is 2.36. The van der Waals surface area contributed by atoms with E-state index in [0.29, 0.717) is 26.3 Å². The molecule has 0 aromatic rings. The van der Waals surface area contributed by atoms with E-state index in [-0.39, 0.29) is 5.91 Å². The first-order valence-corrected chi connectivity index (χ1v) is 3.77. The molecule has 0 aromatic heterocycles. The number of hydrogen-bond donors (Lipinski definition) is 0. The van der Waals surface area contributed by atoms with Crippen LogP contribution in [0.15, 0.2) is 12.2 Å². The minimum atomic E-state index is -0.111. The molecule has 1 amide bonds. The third-order valence-electron chi connectivity index (χ3n) is 1.62. The summed E-state index contributed by atoms with van der Waals surface area (Å²) in [7, 11) is 0. The van der Waals surface area contributed by atoms with Crippen molar-refractivity contribution in [3.8, 4) is 6.07 Å². The van der Waals surface area contributed by atoms with Crippen molar-refractivity contribution in [3.63, 3.8) is 0 Å². The first-order chi connectivity index (χ1) is 5.84. The molecule has 0 saturated carbocycles. The van der Waals surface area contributed by atoms with Gasteiger partial charge < -0.3 is 9.64 Å². The fraction of sp³-hybridized carbons (Fsp3) is 0.500. The standard InChI is InChI=1S/C8H10N2O2/c9-3-1-2-8(11)10-4-6-12-7-5-10/h1-2H,4-7H2. The van der Waals surface area contributed by atoms with Crippen LogP contribution in [-0.2, 0) is 9.53 Å². The molecule has 1 heterocycles. The summed E-state index contributed by atoms with van der Waals surface area (Å²) in [5, 5.41) is 8.18. The number of ether oxygens (including phenoxy) is 1. The maximum atomic E-state index is 11.2. The molecule has 1 saturated heterocycles. The average molecular weight is 166 g/mol. The Hall–Kier alpha value is -1.34. The minimum absolute atomic E-state index is 0.111. The van der Waals surface area contributed by atoms with Gasteiger partial charge >= 0.3 is 0 Å². The van der Waals surface area contributed by atoms with Gasteiger partial charge in [-0.25, -0.2) is 0 Å². The molecule has 4 heteroatoms. The lowest BCUT2D eigenvalue weighted by Crippen LogP contribution is -2.39. The highest BCUT2D eigenvalue weighted by Crippen LogP contribution is 1.97. The van der Waals surface area contributed by atoms with Crippen LogP contribution >= 0.6 is 0 Å². The second-order valence-corrected chi connectivity index (χ2v) is 2.40. The van der Waals surface area contributed by atoms with Crippen molar-refractivity contribution in [3.05, 3.63) is 12.2 Å². The lowest BCUT2D eigenvalue weighted by molar-refractivity contribution is -0.129. The number of amides is 1. The van der Waals surface area contributed by atoms with Gasteiger partial charge in [0.2, 0.25) is 5.91 Å². The summed E-state index contributed by atoms with van der Waals surface area (Å²) in [5.74, 6) is -0.111. The molecule has 0 N–H and O–H groups in total. The molecule has 0 bridgehead atoms. The Morgan fingerprint density at radius 2 is 2.17 bits per heavy atom. The number of rotatable bonds is 1. The van der Waals surface area contributed by atoms with Crippen molar-refractivity contribution in [2.24, 2.45) is 0 Å². The van der Waals surface area contributed by atoms with Crippen molar-refractivity contribution in [2.75, 3.05) is 26.3 Å². The zero-order chi connectivity index (χ0) is 8.81. The van der Waals surface area contributed by atoms with Crippen LogP contribution in [0.5, 0.6) is 0 Å². The Labute approximate surface area is 71.0 Å². The SMILES string of the molecule is N#CC=CC(=O)N1CCOCC1. The van der Waals surface area contributed by atoms with Crippen molar-refractivity contribution >= 4 is 5.91 Å². The molecule has 0 aliphatic carbocycles. The number of hydrogen-bond acceptors (Lipinski definition) is 3. The normalized spacial score (nSPS) is 17.8. The highest BCUT2D eigenvalue weighted by molar-refractivity contribution is 5.88. The van der Waals surface area contributed by atoms with E-state index in [9.17, 15) is 4.79 Å². The first-order valence-electron chi connectivity index (χ1n) is 3.77. The van der Waals surface area contributed by atoms with Crippen LogP contribution in [0, 0.1) is 11.3 Å². The van der Waals surface area contributed by atoms with E-state index >= 15 is 0 Å². The highest BCUT2D eigenvalue weighted by Gasteiger charge is 2.13. The van der Waals surface area contributed by atoms with Crippen molar-refractivity contribution in [1.29, 1.82) is 5.26 Å². The second kappa shape index (κ2) is 4.52. The fourth-order valence-corrected chi connectivity index (χ4v) is 0.998. The minimum Gasteiger partial charge on any atom is -0.378 e. The Bertz CT molecular complexity index is 224. The van der Waals surface area contributed by atoms with Gasteiger partial charge in [-0.2, -0.15) is 5.26 Å². The number of carbonyl (C=O) groups excluding carboxylic acids is 1. The zero-order valence-electron chi connectivity index (χ0n) is 6.69. The van der Waals surface area contributed by atoms with Gasteiger partial charge in [-0.1, -0.05) is 0 Å². The van der Waals surface area contributed by atoms with Gasteiger partial charge in [0.15, 0.2) is 0 Å². The number of nitriles is 1. The Morgan fingerprint density at radius 3 is 2.75 bits per heavy atom. The van der Waals surface area contributed by atoms with Gasteiger partial charge in [0, 0.05) is 25.2 Å². The summed E-state index contributed by atoms with van der Waals surface area (Å²) in [4.78, 5) is 12.9. The maximum Gasteiger partial charge on any atom is 0.247 e. The smallest absolute Gasteiger partial charge is 0.247 e. The molecule has 0 radical (unpaired) electrons. The summed E-state index contributed by atoms with van der Waals surface area (Å²) in [6.07, 6.45) is 2.48. The summed E-state index contributed by atoms with van der Waals surface area (Å²) >= 11 is 0. The summed E-state index contributed by atoms with van der Waals surface area (Å²) in [5.41, 5.74) is 0. The predicted octanol–water partition coefficient (Wildman–Crippen LogP) is -0.0750. The van der Waals surface area contributed by atoms with E-state index in [1.54, 1.807) is 11.0 Å². The molecular formula is C8H10N2O2. The lowest BCUT2D eigenvalue weighted by atomic mass is 10.4. The number of nitrogens with zero attached hydrogens (tertiary/aromatic N) is 2. The monoisotopic (exact) mass is 166 g/mol.